The van der Waals surface area contributed by atoms with Crippen LogP contribution >= 0.6 is 11.6 Å². The Morgan fingerprint density at radius 1 is 1.10 bits per heavy atom. The van der Waals surface area contributed by atoms with E-state index >= 15 is 0 Å². The Hall–Kier alpha value is -2.06. The summed E-state index contributed by atoms with van der Waals surface area (Å²) in [4.78, 5) is 11.6. The second-order valence-corrected chi connectivity index (χ2v) is 5.08. The van der Waals surface area contributed by atoms with Crippen molar-refractivity contribution in [1.29, 1.82) is 0 Å². The molecule has 1 aromatic heterocycles. The zero-order chi connectivity index (χ0) is 14.1. The molecule has 2 aromatic carbocycles. The first-order valence-electron chi connectivity index (χ1n) is 6.50. The first kappa shape index (κ1) is 12.9. The summed E-state index contributed by atoms with van der Waals surface area (Å²) in [5.74, 6) is 0.922. The lowest BCUT2D eigenvalue weighted by atomic mass is 10.1. The van der Waals surface area contributed by atoms with Gasteiger partial charge < -0.3 is 4.42 Å². The average Bonchev–Trinajstić information content (AvgIpc) is 2.89. The summed E-state index contributed by atoms with van der Waals surface area (Å²) in [5.41, 5.74) is 2.48. The SMILES string of the molecule is CCC(=O)c1ccc(-c2cc3cc(Cl)ccc3o2)cc1. The van der Waals surface area contributed by atoms with Gasteiger partial charge in [-0.3, -0.25) is 4.79 Å². The highest BCUT2D eigenvalue weighted by molar-refractivity contribution is 6.31. The lowest BCUT2D eigenvalue weighted by Gasteiger charge is -1.99. The molecule has 0 aliphatic heterocycles. The topological polar surface area (TPSA) is 30.2 Å². The summed E-state index contributed by atoms with van der Waals surface area (Å²) >= 11 is 5.97. The van der Waals surface area contributed by atoms with Crippen LogP contribution in [0, 0.1) is 0 Å². The molecular formula is C17H13ClO2. The van der Waals surface area contributed by atoms with E-state index in [1.807, 2.05) is 49.4 Å². The van der Waals surface area contributed by atoms with Gasteiger partial charge in [0.05, 0.1) is 0 Å². The lowest BCUT2D eigenvalue weighted by molar-refractivity contribution is 0.0988. The lowest BCUT2D eigenvalue weighted by Crippen LogP contribution is -1.95. The van der Waals surface area contributed by atoms with Crippen LogP contribution in [0.15, 0.2) is 52.9 Å². The number of Topliss-reactive ketones (excluding diaryl/α,β-unsaturated/α-hetero) is 1. The number of furan rings is 1. The molecule has 0 aliphatic carbocycles. The minimum absolute atomic E-state index is 0.146. The van der Waals surface area contributed by atoms with Gasteiger partial charge in [0.1, 0.15) is 11.3 Å². The van der Waals surface area contributed by atoms with Crippen LogP contribution in [0.5, 0.6) is 0 Å². The number of rotatable bonds is 3. The summed E-state index contributed by atoms with van der Waals surface area (Å²) < 4.78 is 5.79. The minimum atomic E-state index is 0.146. The largest absolute Gasteiger partial charge is 0.456 e. The summed E-state index contributed by atoms with van der Waals surface area (Å²) in [6.07, 6.45) is 0.516. The van der Waals surface area contributed by atoms with Gasteiger partial charge in [-0.15, -0.1) is 0 Å². The second-order valence-electron chi connectivity index (χ2n) is 4.65. The van der Waals surface area contributed by atoms with Crippen LogP contribution in [0.25, 0.3) is 22.3 Å². The molecule has 3 heteroatoms. The Morgan fingerprint density at radius 2 is 1.85 bits per heavy atom. The van der Waals surface area contributed by atoms with E-state index in [1.54, 1.807) is 6.07 Å². The summed E-state index contributed by atoms with van der Waals surface area (Å²) in [6, 6.07) is 15.0. The summed E-state index contributed by atoms with van der Waals surface area (Å²) in [7, 11) is 0. The van der Waals surface area contributed by atoms with Crippen molar-refractivity contribution in [2.75, 3.05) is 0 Å². The van der Waals surface area contributed by atoms with Crippen LogP contribution in [-0.2, 0) is 0 Å². The number of benzene rings is 2. The van der Waals surface area contributed by atoms with Crippen molar-refractivity contribution >= 4 is 28.4 Å². The molecule has 0 saturated carbocycles. The van der Waals surface area contributed by atoms with Gasteiger partial charge in [-0.25, -0.2) is 0 Å². The van der Waals surface area contributed by atoms with E-state index in [-0.39, 0.29) is 5.78 Å². The van der Waals surface area contributed by atoms with Crippen LogP contribution in [0.2, 0.25) is 5.02 Å². The first-order valence-corrected chi connectivity index (χ1v) is 6.88. The molecule has 0 unspecified atom stereocenters. The Kier molecular flexibility index (Phi) is 3.33. The van der Waals surface area contributed by atoms with Crippen molar-refractivity contribution in [2.45, 2.75) is 13.3 Å². The van der Waals surface area contributed by atoms with Crippen molar-refractivity contribution in [3.8, 4) is 11.3 Å². The molecule has 0 N–H and O–H groups in total. The maximum Gasteiger partial charge on any atom is 0.162 e. The van der Waals surface area contributed by atoms with Crippen LogP contribution in [-0.4, -0.2) is 5.78 Å². The fraction of sp³-hybridized carbons (Fsp3) is 0.118. The molecule has 100 valence electrons. The third-order valence-corrected chi connectivity index (χ3v) is 3.53. The standard InChI is InChI=1S/C17H13ClO2/c1-2-15(19)11-3-5-12(6-4-11)17-10-13-9-14(18)7-8-16(13)20-17/h3-10H,2H2,1H3. The Bertz CT molecular complexity index is 769. The number of carbonyl (C=O) groups excluding carboxylic acids is 1. The third-order valence-electron chi connectivity index (χ3n) is 3.29. The van der Waals surface area contributed by atoms with Crippen LogP contribution in [0.3, 0.4) is 0 Å². The van der Waals surface area contributed by atoms with Gasteiger partial charge in [0.25, 0.3) is 0 Å². The second kappa shape index (κ2) is 5.14. The van der Waals surface area contributed by atoms with Gasteiger partial charge in [0.2, 0.25) is 0 Å². The highest BCUT2D eigenvalue weighted by Crippen LogP contribution is 2.29. The number of carbonyl (C=O) groups is 1. The molecule has 3 aromatic rings. The van der Waals surface area contributed by atoms with Crippen molar-refractivity contribution in [3.05, 3.63) is 59.1 Å². The van der Waals surface area contributed by atoms with E-state index in [0.717, 1.165) is 27.9 Å². The number of halogens is 1. The van der Waals surface area contributed by atoms with Gasteiger partial charge in [-0.2, -0.15) is 0 Å². The van der Waals surface area contributed by atoms with Gasteiger partial charge in [0, 0.05) is 28.0 Å². The minimum Gasteiger partial charge on any atom is -0.456 e. The monoisotopic (exact) mass is 284 g/mol. The molecule has 0 atom stereocenters. The molecule has 0 bridgehead atoms. The molecule has 0 amide bonds. The number of fused-ring (bicyclic) bond motifs is 1. The van der Waals surface area contributed by atoms with E-state index in [2.05, 4.69) is 0 Å². The summed E-state index contributed by atoms with van der Waals surface area (Å²) in [5, 5.41) is 1.66. The quantitative estimate of drug-likeness (QED) is 0.607. The molecule has 0 saturated heterocycles. The Morgan fingerprint density at radius 3 is 2.55 bits per heavy atom. The Labute approximate surface area is 122 Å². The van der Waals surface area contributed by atoms with Gasteiger partial charge in [-0.1, -0.05) is 42.8 Å². The molecule has 1 heterocycles. The van der Waals surface area contributed by atoms with Crippen molar-refractivity contribution in [3.63, 3.8) is 0 Å². The van der Waals surface area contributed by atoms with Crippen LogP contribution < -0.4 is 0 Å². The zero-order valence-electron chi connectivity index (χ0n) is 11.0. The molecule has 3 rings (SSSR count). The maximum atomic E-state index is 11.6. The zero-order valence-corrected chi connectivity index (χ0v) is 11.8. The van der Waals surface area contributed by atoms with Crippen molar-refractivity contribution < 1.29 is 9.21 Å². The predicted octanol–water partition coefficient (Wildman–Crippen LogP) is 5.35. The molecule has 20 heavy (non-hydrogen) atoms. The fourth-order valence-electron chi connectivity index (χ4n) is 2.18. The molecule has 0 aliphatic rings. The predicted molar refractivity (Wildman–Crippen MR) is 81.3 cm³/mol. The maximum absolute atomic E-state index is 11.6. The van der Waals surface area contributed by atoms with Gasteiger partial charge >= 0.3 is 0 Å². The molecule has 2 nitrogen and oxygen atoms in total. The van der Waals surface area contributed by atoms with Crippen molar-refractivity contribution in [1.82, 2.24) is 0 Å². The fourth-order valence-corrected chi connectivity index (χ4v) is 2.36. The number of hydrogen-bond donors (Lipinski definition) is 0. The molecule has 0 fully saturated rings. The molecule has 0 radical (unpaired) electrons. The van der Waals surface area contributed by atoms with Gasteiger partial charge in [0.15, 0.2) is 5.78 Å². The van der Waals surface area contributed by atoms with E-state index in [0.29, 0.717) is 11.4 Å². The smallest absolute Gasteiger partial charge is 0.162 e. The van der Waals surface area contributed by atoms with E-state index in [4.69, 9.17) is 16.0 Å². The summed E-state index contributed by atoms with van der Waals surface area (Å²) in [6.45, 7) is 1.86. The Balaban J connectivity index is 2.00. The normalized spacial score (nSPS) is 10.9. The van der Waals surface area contributed by atoms with Gasteiger partial charge in [-0.05, 0) is 24.3 Å². The average molecular weight is 285 g/mol. The number of hydrogen-bond acceptors (Lipinski definition) is 2. The molecule has 0 spiro atoms. The van der Waals surface area contributed by atoms with Crippen molar-refractivity contribution in [2.24, 2.45) is 0 Å². The highest BCUT2D eigenvalue weighted by Gasteiger charge is 2.08. The van der Waals surface area contributed by atoms with Crippen LogP contribution in [0.1, 0.15) is 23.7 Å². The highest BCUT2D eigenvalue weighted by atomic mass is 35.5. The van der Waals surface area contributed by atoms with Crippen LogP contribution in [0.4, 0.5) is 0 Å². The molecular weight excluding hydrogens is 272 g/mol. The van der Waals surface area contributed by atoms with E-state index < -0.39 is 0 Å². The van der Waals surface area contributed by atoms with E-state index in [9.17, 15) is 4.79 Å². The first-order chi connectivity index (χ1) is 9.67. The third kappa shape index (κ3) is 2.35. The van der Waals surface area contributed by atoms with E-state index in [1.165, 1.54) is 0 Å². The number of ketones is 1.